The normalized spacial score (nSPS) is 24.3. The third-order valence-electron chi connectivity index (χ3n) is 2.48. The summed E-state index contributed by atoms with van der Waals surface area (Å²) in [7, 11) is 0. The van der Waals surface area contributed by atoms with Crippen molar-refractivity contribution in [2.75, 3.05) is 26.2 Å². The number of likely N-dealkylation sites (N-methyl/N-ethyl adjacent to an activating group) is 1. The average molecular weight is 184 g/mol. The minimum atomic E-state index is 0.164. The zero-order chi connectivity index (χ0) is 9.68. The summed E-state index contributed by atoms with van der Waals surface area (Å²) in [5.74, 6) is 0.916. The molecular weight excluding hydrogens is 164 g/mol. The van der Waals surface area contributed by atoms with Crippen LogP contribution in [0.3, 0.4) is 0 Å². The van der Waals surface area contributed by atoms with Crippen LogP contribution in [0.15, 0.2) is 0 Å². The number of nitrogens with one attached hydrogen (secondary N) is 1. The number of hydrogen-bond donors (Lipinski definition) is 1. The highest BCUT2D eigenvalue weighted by atomic mass is 16.2. The summed E-state index contributed by atoms with van der Waals surface area (Å²) in [6.45, 7) is 7.69. The molecular formula is C10H20N2O. The molecule has 1 saturated heterocycles. The molecule has 1 aliphatic rings. The minimum absolute atomic E-state index is 0.164. The molecule has 1 rings (SSSR count). The number of likely N-dealkylation sites (tertiary alicyclic amines) is 1. The van der Waals surface area contributed by atoms with Crippen LogP contribution in [0.2, 0.25) is 0 Å². The molecule has 0 bridgehead atoms. The summed E-state index contributed by atoms with van der Waals surface area (Å²) >= 11 is 0. The Morgan fingerprint density at radius 2 is 2.38 bits per heavy atom. The van der Waals surface area contributed by atoms with E-state index >= 15 is 0 Å². The topological polar surface area (TPSA) is 32.3 Å². The molecule has 13 heavy (non-hydrogen) atoms. The molecule has 1 unspecified atom stereocenters. The second kappa shape index (κ2) is 5.22. The van der Waals surface area contributed by atoms with Crippen LogP contribution in [0.5, 0.6) is 0 Å². The van der Waals surface area contributed by atoms with Gasteiger partial charge in [-0.15, -0.1) is 0 Å². The van der Waals surface area contributed by atoms with Crippen molar-refractivity contribution < 1.29 is 4.79 Å². The van der Waals surface area contributed by atoms with Gasteiger partial charge in [-0.2, -0.15) is 0 Å². The van der Waals surface area contributed by atoms with E-state index in [-0.39, 0.29) is 5.91 Å². The van der Waals surface area contributed by atoms with E-state index in [0.717, 1.165) is 25.6 Å². The molecule has 0 aromatic carbocycles. The number of rotatable bonds is 3. The number of nitrogens with zero attached hydrogens (tertiary/aromatic N) is 1. The van der Waals surface area contributed by atoms with Gasteiger partial charge < -0.3 is 5.32 Å². The predicted molar refractivity (Wildman–Crippen MR) is 53.5 cm³/mol. The Morgan fingerprint density at radius 3 is 3.00 bits per heavy atom. The van der Waals surface area contributed by atoms with Crippen molar-refractivity contribution in [3.63, 3.8) is 0 Å². The molecule has 0 aromatic rings. The number of hydrogen-bond acceptors (Lipinski definition) is 2. The lowest BCUT2D eigenvalue weighted by atomic mass is 10.0. The van der Waals surface area contributed by atoms with Gasteiger partial charge in [-0.1, -0.05) is 6.92 Å². The molecule has 0 spiro atoms. The molecule has 1 heterocycles. The lowest BCUT2D eigenvalue weighted by molar-refractivity contribution is -0.122. The number of carbonyl (C=O) groups is 1. The van der Waals surface area contributed by atoms with Crippen molar-refractivity contribution in [3.05, 3.63) is 0 Å². The van der Waals surface area contributed by atoms with Gasteiger partial charge in [-0.05, 0) is 32.2 Å². The first-order chi connectivity index (χ1) is 6.22. The Labute approximate surface area is 80.5 Å². The molecule has 1 fully saturated rings. The van der Waals surface area contributed by atoms with E-state index in [1.165, 1.54) is 12.8 Å². The fourth-order valence-electron chi connectivity index (χ4n) is 1.89. The van der Waals surface area contributed by atoms with Crippen LogP contribution in [-0.2, 0) is 4.79 Å². The third kappa shape index (κ3) is 3.77. The molecule has 76 valence electrons. The first-order valence-corrected chi connectivity index (χ1v) is 5.21. The lowest BCUT2D eigenvalue weighted by Crippen LogP contribution is -2.41. The van der Waals surface area contributed by atoms with E-state index in [2.05, 4.69) is 17.1 Å². The SMILES string of the molecule is CCNC(=O)CN1CCCC(C)C1. The maximum atomic E-state index is 11.3. The summed E-state index contributed by atoms with van der Waals surface area (Å²) in [6.07, 6.45) is 2.55. The van der Waals surface area contributed by atoms with Gasteiger partial charge in [0.2, 0.25) is 5.91 Å². The summed E-state index contributed by atoms with van der Waals surface area (Å²) in [6, 6.07) is 0. The van der Waals surface area contributed by atoms with Gasteiger partial charge in [0.25, 0.3) is 0 Å². The van der Waals surface area contributed by atoms with E-state index in [1.807, 2.05) is 6.92 Å². The quantitative estimate of drug-likeness (QED) is 0.705. The Hall–Kier alpha value is -0.570. The standard InChI is InChI=1S/C10H20N2O/c1-3-11-10(13)8-12-6-4-5-9(2)7-12/h9H,3-8H2,1-2H3,(H,11,13). The second-order valence-electron chi connectivity index (χ2n) is 3.94. The molecule has 1 atom stereocenters. The fraction of sp³-hybridized carbons (Fsp3) is 0.900. The van der Waals surface area contributed by atoms with Gasteiger partial charge >= 0.3 is 0 Å². The van der Waals surface area contributed by atoms with Gasteiger partial charge in [-0.3, -0.25) is 9.69 Å². The maximum Gasteiger partial charge on any atom is 0.234 e. The van der Waals surface area contributed by atoms with E-state index in [9.17, 15) is 4.79 Å². The van der Waals surface area contributed by atoms with Gasteiger partial charge in [0.15, 0.2) is 0 Å². The van der Waals surface area contributed by atoms with Crippen LogP contribution in [0.4, 0.5) is 0 Å². The van der Waals surface area contributed by atoms with Crippen LogP contribution < -0.4 is 5.32 Å². The molecule has 0 saturated carbocycles. The number of amides is 1. The zero-order valence-electron chi connectivity index (χ0n) is 8.68. The number of piperidine rings is 1. The van der Waals surface area contributed by atoms with Crippen molar-refractivity contribution in [2.45, 2.75) is 26.7 Å². The van der Waals surface area contributed by atoms with Gasteiger partial charge in [0, 0.05) is 13.1 Å². The lowest BCUT2D eigenvalue weighted by Gasteiger charge is -2.30. The Morgan fingerprint density at radius 1 is 1.62 bits per heavy atom. The fourth-order valence-corrected chi connectivity index (χ4v) is 1.89. The van der Waals surface area contributed by atoms with E-state index in [1.54, 1.807) is 0 Å². The summed E-state index contributed by atoms with van der Waals surface area (Å²) in [5.41, 5.74) is 0. The molecule has 1 amide bonds. The maximum absolute atomic E-state index is 11.3. The molecule has 0 aromatic heterocycles. The highest BCUT2D eigenvalue weighted by Gasteiger charge is 2.17. The van der Waals surface area contributed by atoms with Crippen LogP contribution in [0.1, 0.15) is 26.7 Å². The van der Waals surface area contributed by atoms with Crippen molar-refractivity contribution in [1.82, 2.24) is 10.2 Å². The van der Waals surface area contributed by atoms with Crippen LogP contribution in [0, 0.1) is 5.92 Å². The van der Waals surface area contributed by atoms with Gasteiger partial charge in [-0.25, -0.2) is 0 Å². The smallest absolute Gasteiger partial charge is 0.234 e. The monoisotopic (exact) mass is 184 g/mol. The predicted octanol–water partition coefficient (Wildman–Crippen LogP) is 0.854. The van der Waals surface area contributed by atoms with E-state index in [4.69, 9.17) is 0 Å². The van der Waals surface area contributed by atoms with Crippen molar-refractivity contribution in [3.8, 4) is 0 Å². The average Bonchev–Trinajstić information content (AvgIpc) is 2.04. The molecule has 3 heteroatoms. The van der Waals surface area contributed by atoms with E-state index in [0.29, 0.717) is 6.54 Å². The summed E-state index contributed by atoms with van der Waals surface area (Å²) in [5, 5.41) is 2.83. The van der Waals surface area contributed by atoms with Crippen molar-refractivity contribution >= 4 is 5.91 Å². The second-order valence-corrected chi connectivity index (χ2v) is 3.94. The van der Waals surface area contributed by atoms with Gasteiger partial charge in [0.05, 0.1) is 6.54 Å². The highest BCUT2D eigenvalue weighted by Crippen LogP contribution is 2.14. The Bertz CT molecular complexity index is 170. The Balaban J connectivity index is 2.23. The molecule has 0 radical (unpaired) electrons. The van der Waals surface area contributed by atoms with Crippen LogP contribution in [-0.4, -0.2) is 37.0 Å². The molecule has 0 aliphatic carbocycles. The first-order valence-electron chi connectivity index (χ1n) is 5.21. The molecule has 1 aliphatic heterocycles. The number of carbonyl (C=O) groups excluding carboxylic acids is 1. The Kier molecular flexibility index (Phi) is 4.22. The first kappa shape index (κ1) is 10.5. The molecule has 3 nitrogen and oxygen atoms in total. The highest BCUT2D eigenvalue weighted by molar-refractivity contribution is 5.77. The zero-order valence-corrected chi connectivity index (χ0v) is 8.68. The van der Waals surface area contributed by atoms with E-state index < -0.39 is 0 Å². The summed E-state index contributed by atoms with van der Waals surface area (Å²) in [4.78, 5) is 13.5. The third-order valence-corrected chi connectivity index (χ3v) is 2.48. The van der Waals surface area contributed by atoms with Crippen LogP contribution >= 0.6 is 0 Å². The van der Waals surface area contributed by atoms with Gasteiger partial charge in [0.1, 0.15) is 0 Å². The summed E-state index contributed by atoms with van der Waals surface area (Å²) < 4.78 is 0. The van der Waals surface area contributed by atoms with Crippen molar-refractivity contribution in [1.29, 1.82) is 0 Å². The minimum Gasteiger partial charge on any atom is -0.355 e. The molecule has 1 N–H and O–H groups in total. The van der Waals surface area contributed by atoms with Crippen LogP contribution in [0.25, 0.3) is 0 Å². The van der Waals surface area contributed by atoms with Crippen molar-refractivity contribution in [2.24, 2.45) is 5.92 Å². The largest absolute Gasteiger partial charge is 0.355 e.